The molecular weight excluding hydrogens is 318 g/mol. The van der Waals surface area contributed by atoms with Crippen LogP contribution in [0.3, 0.4) is 0 Å². The van der Waals surface area contributed by atoms with Gasteiger partial charge in [-0.3, -0.25) is 9.59 Å². The molecule has 2 atom stereocenters. The summed E-state index contributed by atoms with van der Waals surface area (Å²) in [6.45, 7) is 0. The number of benzene rings is 2. The van der Waals surface area contributed by atoms with Gasteiger partial charge in [0.1, 0.15) is 6.04 Å². The van der Waals surface area contributed by atoms with E-state index in [9.17, 15) is 9.59 Å². The van der Waals surface area contributed by atoms with Crippen LogP contribution in [0.25, 0.3) is 0 Å². The number of carbonyl (C=O) groups excluding carboxylic acids is 2. The van der Waals surface area contributed by atoms with Crippen LogP contribution in [0.4, 0.5) is 0 Å². The molecule has 0 saturated heterocycles. The highest BCUT2D eigenvalue weighted by Gasteiger charge is 2.25. The zero-order valence-electron chi connectivity index (χ0n) is 13.8. The van der Waals surface area contributed by atoms with E-state index < -0.39 is 24.0 Å². The van der Waals surface area contributed by atoms with E-state index in [0.29, 0.717) is 11.1 Å². The molecule has 128 valence electrons. The van der Waals surface area contributed by atoms with E-state index in [1.165, 1.54) is 7.11 Å². The number of carbonyl (C=O) groups is 2. The SMILES string of the molecule is CO[C@H](C(=O)N[C@@H](Cc1cccc(C#N)c1)C(N)=O)c1ccccc1. The topological polar surface area (TPSA) is 105 Å². The Morgan fingerprint density at radius 3 is 2.52 bits per heavy atom. The molecule has 0 saturated carbocycles. The van der Waals surface area contributed by atoms with Crippen molar-refractivity contribution in [3.63, 3.8) is 0 Å². The van der Waals surface area contributed by atoms with Crippen molar-refractivity contribution in [3.8, 4) is 6.07 Å². The minimum absolute atomic E-state index is 0.196. The van der Waals surface area contributed by atoms with Crippen LogP contribution in [0.5, 0.6) is 0 Å². The van der Waals surface area contributed by atoms with Crippen molar-refractivity contribution in [2.75, 3.05) is 7.11 Å². The first kappa shape index (κ1) is 18.2. The molecule has 0 aliphatic carbocycles. The van der Waals surface area contributed by atoms with Crippen molar-refractivity contribution in [2.24, 2.45) is 5.73 Å². The highest BCUT2D eigenvalue weighted by atomic mass is 16.5. The molecular formula is C19H19N3O3. The average molecular weight is 337 g/mol. The summed E-state index contributed by atoms with van der Waals surface area (Å²) in [7, 11) is 1.42. The Morgan fingerprint density at radius 1 is 1.20 bits per heavy atom. The highest BCUT2D eigenvalue weighted by molar-refractivity contribution is 5.89. The van der Waals surface area contributed by atoms with Gasteiger partial charge < -0.3 is 15.8 Å². The maximum Gasteiger partial charge on any atom is 0.254 e. The minimum atomic E-state index is -0.900. The number of rotatable bonds is 7. The summed E-state index contributed by atoms with van der Waals surface area (Å²) in [6, 6.07) is 16.9. The second-order valence-electron chi connectivity index (χ2n) is 5.51. The third-order valence-corrected chi connectivity index (χ3v) is 3.73. The van der Waals surface area contributed by atoms with Crippen molar-refractivity contribution in [1.82, 2.24) is 5.32 Å². The fourth-order valence-electron chi connectivity index (χ4n) is 2.50. The molecule has 3 N–H and O–H groups in total. The normalized spacial score (nSPS) is 12.6. The molecule has 0 spiro atoms. The summed E-state index contributed by atoms with van der Waals surface area (Å²) < 4.78 is 5.26. The van der Waals surface area contributed by atoms with Gasteiger partial charge in [0.15, 0.2) is 6.10 Å². The van der Waals surface area contributed by atoms with Crippen LogP contribution < -0.4 is 11.1 Å². The fourth-order valence-corrected chi connectivity index (χ4v) is 2.50. The second-order valence-corrected chi connectivity index (χ2v) is 5.51. The molecule has 0 heterocycles. The molecule has 25 heavy (non-hydrogen) atoms. The van der Waals surface area contributed by atoms with Crippen LogP contribution in [-0.2, 0) is 20.7 Å². The maximum absolute atomic E-state index is 12.5. The molecule has 0 fully saturated rings. The average Bonchev–Trinajstić information content (AvgIpc) is 2.62. The Hall–Kier alpha value is -3.17. The standard InChI is InChI=1S/C19H19N3O3/c1-25-17(15-8-3-2-4-9-15)19(24)22-16(18(21)23)11-13-6-5-7-14(10-13)12-20/h2-10,16-17H,11H2,1H3,(H2,21,23)(H,22,24)/t16-,17-/m0/s1. The Kier molecular flexibility index (Phi) is 6.26. The molecule has 0 aliphatic rings. The number of hydrogen-bond acceptors (Lipinski definition) is 4. The summed E-state index contributed by atoms with van der Waals surface area (Å²) in [5.41, 5.74) is 7.31. The summed E-state index contributed by atoms with van der Waals surface area (Å²) in [5.74, 6) is -1.10. The van der Waals surface area contributed by atoms with Crippen LogP contribution >= 0.6 is 0 Å². The Bertz CT molecular complexity index is 784. The van der Waals surface area contributed by atoms with Gasteiger partial charge >= 0.3 is 0 Å². The fraction of sp³-hybridized carbons (Fsp3) is 0.211. The number of methoxy groups -OCH3 is 1. The van der Waals surface area contributed by atoms with Crippen molar-refractivity contribution in [2.45, 2.75) is 18.6 Å². The quantitative estimate of drug-likeness (QED) is 0.798. The number of nitrogens with zero attached hydrogens (tertiary/aromatic N) is 1. The van der Waals surface area contributed by atoms with Crippen molar-refractivity contribution in [1.29, 1.82) is 5.26 Å². The lowest BCUT2D eigenvalue weighted by Gasteiger charge is -2.20. The molecule has 6 nitrogen and oxygen atoms in total. The molecule has 2 rings (SSSR count). The van der Waals surface area contributed by atoms with Gasteiger partial charge in [0.25, 0.3) is 5.91 Å². The first-order valence-corrected chi connectivity index (χ1v) is 7.71. The minimum Gasteiger partial charge on any atom is -0.368 e. The number of primary amides is 1. The molecule has 0 bridgehead atoms. The van der Waals surface area contributed by atoms with Gasteiger partial charge in [0, 0.05) is 13.5 Å². The molecule has 2 aromatic carbocycles. The van der Waals surface area contributed by atoms with E-state index in [-0.39, 0.29) is 6.42 Å². The molecule has 6 heteroatoms. The molecule has 0 unspecified atom stereocenters. The first-order valence-electron chi connectivity index (χ1n) is 7.71. The number of amides is 2. The van der Waals surface area contributed by atoms with E-state index in [0.717, 1.165) is 5.56 Å². The monoisotopic (exact) mass is 337 g/mol. The lowest BCUT2D eigenvalue weighted by atomic mass is 10.0. The third kappa shape index (κ3) is 4.90. The van der Waals surface area contributed by atoms with Gasteiger partial charge in [-0.2, -0.15) is 5.26 Å². The van der Waals surface area contributed by atoms with Gasteiger partial charge in [0.05, 0.1) is 11.6 Å². The van der Waals surface area contributed by atoms with Gasteiger partial charge in [0.2, 0.25) is 5.91 Å². The molecule has 0 aliphatic heterocycles. The van der Waals surface area contributed by atoms with E-state index in [1.54, 1.807) is 48.5 Å². The van der Waals surface area contributed by atoms with Gasteiger partial charge in [-0.05, 0) is 23.3 Å². The molecule has 2 amide bonds. The smallest absolute Gasteiger partial charge is 0.254 e. The number of ether oxygens (including phenoxy) is 1. The van der Waals surface area contributed by atoms with E-state index in [4.69, 9.17) is 15.7 Å². The Morgan fingerprint density at radius 2 is 1.92 bits per heavy atom. The summed E-state index contributed by atoms with van der Waals surface area (Å²) in [6.07, 6.45) is -0.643. The first-order chi connectivity index (χ1) is 12.0. The predicted octanol–water partition coefficient (Wildman–Crippen LogP) is 1.46. The summed E-state index contributed by atoms with van der Waals surface area (Å²) in [5, 5.41) is 11.6. The van der Waals surface area contributed by atoms with Crippen LogP contribution in [0.15, 0.2) is 54.6 Å². The number of hydrogen-bond donors (Lipinski definition) is 2. The molecule has 0 aromatic heterocycles. The highest BCUT2D eigenvalue weighted by Crippen LogP contribution is 2.17. The Balaban J connectivity index is 2.13. The predicted molar refractivity (Wildman–Crippen MR) is 92.2 cm³/mol. The summed E-state index contributed by atoms with van der Waals surface area (Å²) in [4.78, 5) is 24.2. The lowest BCUT2D eigenvalue weighted by molar-refractivity contribution is -0.134. The number of nitrogens with two attached hydrogens (primary N) is 1. The van der Waals surface area contributed by atoms with Crippen LogP contribution in [-0.4, -0.2) is 25.0 Å². The van der Waals surface area contributed by atoms with Crippen LogP contribution in [0.1, 0.15) is 22.8 Å². The third-order valence-electron chi connectivity index (χ3n) is 3.73. The van der Waals surface area contributed by atoms with Crippen molar-refractivity contribution >= 4 is 11.8 Å². The van der Waals surface area contributed by atoms with Crippen LogP contribution in [0, 0.1) is 11.3 Å². The number of nitriles is 1. The van der Waals surface area contributed by atoms with E-state index in [2.05, 4.69) is 5.32 Å². The van der Waals surface area contributed by atoms with Crippen LogP contribution in [0.2, 0.25) is 0 Å². The van der Waals surface area contributed by atoms with Gasteiger partial charge in [-0.1, -0.05) is 42.5 Å². The van der Waals surface area contributed by atoms with E-state index >= 15 is 0 Å². The lowest BCUT2D eigenvalue weighted by Crippen LogP contribution is -2.47. The van der Waals surface area contributed by atoms with Gasteiger partial charge in [-0.15, -0.1) is 0 Å². The zero-order valence-corrected chi connectivity index (χ0v) is 13.8. The molecule has 0 radical (unpaired) electrons. The zero-order chi connectivity index (χ0) is 18.2. The van der Waals surface area contributed by atoms with E-state index in [1.807, 2.05) is 12.1 Å². The largest absolute Gasteiger partial charge is 0.368 e. The maximum atomic E-state index is 12.5. The van der Waals surface area contributed by atoms with Crippen molar-refractivity contribution < 1.29 is 14.3 Å². The molecule has 2 aromatic rings. The summed E-state index contributed by atoms with van der Waals surface area (Å²) >= 11 is 0. The Labute approximate surface area is 146 Å². The second kappa shape index (κ2) is 8.62. The van der Waals surface area contributed by atoms with Gasteiger partial charge in [-0.25, -0.2) is 0 Å². The number of nitrogens with one attached hydrogen (secondary N) is 1. The van der Waals surface area contributed by atoms with Crippen molar-refractivity contribution in [3.05, 3.63) is 71.3 Å².